The van der Waals surface area contributed by atoms with Crippen LogP contribution in [0.1, 0.15) is 26.3 Å². The number of carbonyl (C=O) groups excluding carboxylic acids is 1. The van der Waals surface area contributed by atoms with E-state index >= 15 is 0 Å². The molecule has 0 spiro atoms. The lowest BCUT2D eigenvalue weighted by atomic mass is 10.1. The van der Waals surface area contributed by atoms with Crippen molar-refractivity contribution in [3.8, 4) is 5.75 Å². The number of benzene rings is 1. The van der Waals surface area contributed by atoms with Crippen LogP contribution in [-0.4, -0.2) is 23.9 Å². The Morgan fingerprint density at radius 1 is 1.44 bits per heavy atom. The summed E-state index contributed by atoms with van der Waals surface area (Å²) >= 11 is 0. The van der Waals surface area contributed by atoms with Crippen LogP contribution >= 0.6 is 0 Å². The molecule has 0 saturated carbocycles. The summed E-state index contributed by atoms with van der Waals surface area (Å²) in [4.78, 5) is 11.5. The van der Waals surface area contributed by atoms with Gasteiger partial charge in [-0.3, -0.25) is 10.2 Å². The van der Waals surface area contributed by atoms with Gasteiger partial charge in [0.25, 0.3) is 5.91 Å². The van der Waals surface area contributed by atoms with Crippen molar-refractivity contribution in [3.63, 3.8) is 0 Å². The van der Waals surface area contributed by atoms with Crippen molar-refractivity contribution in [2.24, 2.45) is 5.73 Å². The van der Waals surface area contributed by atoms with Crippen molar-refractivity contribution in [1.82, 2.24) is 5.32 Å². The zero-order valence-corrected chi connectivity index (χ0v) is 10.9. The first-order valence-corrected chi connectivity index (χ1v) is 5.66. The zero-order chi connectivity index (χ0) is 13.8. The summed E-state index contributed by atoms with van der Waals surface area (Å²) in [6.45, 7) is 5.66. The fourth-order valence-electron chi connectivity index (χ4n) is 1.36. The van der Waals surface area contributed by atoms with E-state index in [1.165, 1.54) is 0 Å². The van der Waals surface area contributed by atoms with Gasteiger partial charge in [0, 0.05) is 11.1 Å². The van der Waals surface area contributed by atoms with E-state index in [2.05, 4.69) is 5.32 Å². The van der Waals surface area contributed by atoms with Crippen LogP contribution in [-0.2, 0) is 4.79 Å². The smallest absolute Gasteiger partial charge is 0.258 e. The Labute approximate surface area is 107 Å². The van der Waals surface area contributed by atoms with Gasteiger partial charge >= 0.3 is 0 Å². The van der Waals surface area contributed by atoms with Gasteiger partial charge in [-0.1, -0.05) is 12.1 Å². The van der Waals surface area contributed by atoms with Crippen LogP contribution in [0.25, 0.3) is 0 Å². The van der Waals surface area contributed by atoms with E-state index in [-0.39, 0.29) is 23.9 Å². The van der Waals surface area contributed by atoms with Crippen LogP contribution in [0.2, 0.25) is 0 Å². The number of carbonyl (C=O) groups is 1. The van der Waals surface area contributed by atoms with Crippen molar-refractivity contribution >= 4 is 11.7 Å². The van der Waals surface area contributed by atoms with Crippen molar-refractivity contribution in [2.45, 2.75) is 26.3 Å². The van der Waals surface area contributed by atoms with Crippen molar-refractivity contribution in [3.05, 3.63) is 29.8 Å². The Bertz CT molecular complexity index is 450. The summed E-state index contributed by atoms with van der Waals surface area (Å²) in [5.41, 5.74) is 5.67. The van der Waals surface area contributed by atoms with E-state index in [0.29, 0.717) is 11.3 Å². The number of hydrogen-bond acceptors (Lipinski definition) is 3. The number of ether oxygens (including phenoxy) is 1. The average Bonchev–Trinajstić information content (AvgIpc) is 2.24. The van der Waals surface area contributed by atoms with Gasteiger partial charge in [0.1, 0.15) is 11.6 Å². The largest absolute Gasteiger partial charge is 0.484 e. The molecule has 1 aromatic rings. The summed E-state index contributed by atoms with van der Waals surface area (Å²) < 4.78 is 5.34. The molecule has 4 N–H and O–H groups in total. The molecule has 18 heavy (non-hydrogen) atoms. The van der Waals surface area contributed by atoms with Gasteiger partial charge in [-0.05, 0) is 32.9 Å². The fourth-order valence-corrected chi connectivity index (χ4v) is 1.36. The van der Waals surface area contributed by atoms with Gasteiger partial charge in [0.2, 0.25) is 0 Å². The van der Waals surface area contributed by atoms with E-state index in [0.717, 1.165) is 0 Å². The highest BCUT2D eigenvalue weighted by atomic mass is 16.5. The van der Waals surface area contributed by atoms with Crippen molar-refractivity contribution < 1.29 is 9.53 Å². The lowest BCUT2D eigenvalue weighted by Gasteiger charge is -2.20. The van der Waals surface area contributed by atoms with Crippen molar-refractivity contribution in [2.75, 3.05) is 6.61 Å². The molecule has 0 aliphatic rings. The molecule has 0 aromatic heterocycles. The number of nitrogens with one attached hydrogen (secondary N) is 2. The minimum Gasteiger partial charge on any atom is -0.484 e. The predicted molar refractivity (Wildman–Crippen MR) is 70.8 cm³/mol. The van der Waals surface area contributed by atoms with Crippen LogP contribution in [0.5, 0.6) is 5.75 Å². The second-order valence-corrected chi connectivity index (χ2v) is 5.03. The quantitative estimate of drug-likeness (QED) is 0.554. The first-order chi connectivity index (χ1) is 8.28. The molecule has 1 aromatic carbocycles. The first kappa shape index (κ1) is 14.0. The molecule has 5 heteroatoms. The monoisotopic (exact) mass is 249 g/mol. The van der Waals surface area contributed by atoms with Gasteiger partial charge in [0.05, 0.1) is 0 Å². The van der Waals surface area contributed by atoms with Crippen LogP contribution < -0.4 is 15.8 Å². The lowest BCUT2D eigenvalue weighted by molar-refractivity contribution is -0.124. The van der Waals surface area contributed by atoms with Crippen LogP contribution in [0.4, 0.5) is 0 Å². The van der Waals surface area contributed by atoms with Crippen LogP contribution in [0, 0.1) is 5.41 Å². The Morgan fingerprint density at radius 2 is 2.11 bits per heavy atom. The highest BCUT2D eigenvalue weighted by Gasteiger charge is 2.13. The number of hydrogen-bond donors (Lipinski definition) is 3. The maximum atomic E-state index is 11.5. The SMILES string of the molecule is CC(C)(C)NC(=O)COc1cccc(C(=N)N)c1. The predicted octanol–water partition coefficient (Wildman–Crippen LogP) is 1.26. The average molecular weight is 249 g/mol. The van der Waals surface area contributed by atoms with Crippen LogP contribution in [0.3, 0.4) is 0 Å². The van der Waals surface area contributed by atoms with E-state index in [1.807, 2.05) is 20.8 Å². The zero-order valence-electron chi connectivity index (χ0n) is 10.9. The summed E-state index contributed by atoms with van der Waals surface area (Å²) in [7, 11) is 0. The van der Waals surface area contributed by atoms with Gasteiger partial charge < -0.3 is 15.8 Å². The third-order valence-corrected chi connectivity index (χ3v) is 2.03. The summed E-state index contributed by atoms with van der Waals surface area (Å²) in [6.07, 6.45) is 0. The lowest BCUT2D eigenvalue weighted by Crippen LogP contribution is -2.43. The minimum atomic E-state index is -0.276. The Kier molecular flexibility index (Phi) is 4.31. The van der Waals surface area contributed by atoms with Gasteiger partial charge in [0.15, 0.2) is 6.61 Å². The maximum absolute atomic E-state index is 11.5. The fraction of sp³-hybridized carbons (Fsp3) is 0.385. The number of nitrogen functional groups attached to an aromatic ring is 1. The third kappa shape index (κ3) is 4.86. The molecule has 1 rings (SSSR count). The minimum absolute atomic E-state index is 0.0282. The Balaban J connectivity index is 2.56. The van der Waals surface area contributed by atoms with Crippen molar-refractivity contribution in [1.29, 1.82) is 5.41 Å². The van der Waals surface area contributed by atoms with E-state index < -0.39 is 0 Å². The second kappa shape index (κ2) is 5.53. The Hall–Kier alpha value is -2.04. The van der Waals surface area contributed by atoms with E-state index in [4.69, 9.17) is 15.9 Å². The Morgan fingerprint density at radius 3 is 2.67 bits per heavy atom. The molecule has 98 valence electrons. The normalized spacial score (nSPS) is 10.8. The third-order valence-electron chi connectivity index (χ3n) is 2.03. The summed E-state index contributed by atoms with van der Waals surface area (Å²) in [6, 6.07) is 6.79. The van der Waals surface area contributed by atoms with E-state index in [9.17, 15) is 4.79 Å². The summed E-state index contributed by atoms with van der Waals surface area (Å²) in [5, 5.41) is 10.1. The van der Waals surface area contributed by atoms with Gasteiger partial charge in [-0.25, -0.2) is 0 Å². The molecular formula is C13H19N3O2. The van der Waals surface area contributed by atoms with Gasteiger partial charge in [-0.2, -0.15) is 0 Å². The highest BCUT2D eigenvalue weighted by molar-refractivity contribution is 5.95. The maximum Gasteiger partial charge on any atom is 0.258 e. The second-order valence-electron chi connectivity index (χ2n) is 5.03. The molecule has 0 bridgehead atoms. The highest BCUT2D eigenvalue weighted by Crippen LogP contribution is 2.12. The molecule has 0 radical (unpaired) electrons. The molecule has 5 nitrogen and oxygen atoms in total. The molecule has 1 amide bonds. The molecule has 0 aliphatic heterocycles. The molecule has 0 aliphatic carbocycles. The van der Waals surface area contributed by atoms with E-state index in [1.54, 1.807) is 24.3 Å². The molecular weight excluding hydrogens is 230 g/mol. The molecule has 0 saturated heterocycles. The van der Waals surface area contributed by atoms with Gasteiger partial charge in [-0.15, -0.1) is 0 Å². The molecule has 0 atom stereocenters. The number of nitrogens with two attached hydrogens (primary N) is 1. The van der Waals surface area contributed by atoms with Crippen LogP contribution in [0.15, 0.2) is 24.3 Å². The standard InChI is InChI=1S/C13H19N3O2/c1-13(2,3)16-11(17)8-18-10-6-4-5-9(7-10)12(14)15/h4-7H,8H2,1-3H3,(H3,14,15)(H,16,17). The molecule has 0 fully saturated rings. The summed E-state index contributed by atoms with van der Waals surface area (Å²) in [5.74, 6) is 0.307. The topological polar surface area (TPSA) is 88.2 Å². The first-order valence-electron chi connectivity index (χ1n) is 5.66. The molecule has 0 unspecified atom stereocenters. The molecule has 0 heterocycles. The number of amides is 1. The number of rotatable bonds is 4. The number of amidine groups is 1.